The molecule has 23 heavy (non-hydrogen) atoms. The third-order valence-electron chi connectivity index (χ3n) is 3.38. The van der Waals surface area contributed by atoms with Crippen LogP contribution in [0.3, 0.4) is 0 Å². The van der Waals surface area contributed by atoms with Gasteiger partial charge in [0.25, 0.3) is 17.4 Å². The van der Waals surface area contributed by atoms with Crippen LogP contribution in [0.25, 0.3) is 5.69 Å². The van der Waals surface area contributed by atoms with Gasteiger partial charge in [0.05, 0.1) is 16.8 Å². The number of imide groups is 1. The van der Waals surface area contributed by atoms with Crippen LogP contribution >= 0.6 is 0 Å². The molecule has 1 aromatic carbocycles. The molecule has 2 aromatic rings. The fourth-order valence-electron chi connectivity index (χ4n) is 2.47. The number of carbonyl (C=O) groups is 3. The molecule has 4 N–H and O–H groups in total. The number of fused-ring (bicyclic) bond motifs is 1. The van der Waals surface area contributed by atoms with Gasteiger partial charge in [-0.25, -0.2) is 0 Å². The number of benzene rings is 1. The molecule has 116 valence electrons. The van der Waals surface area contributed by atoms with E-state index in [4.69, 9.17) is 5.73 Å². The summed E-state index contributed by atoms with van der Waals surface area (Å²) in [7, 11) is 0. The largest absolute Gasteiger partial charge is 0.384 e. The minimum atomic E-state index is -0.645. The number of nitrogens with one attached hydrogen (secondary N) is 2. The van der Waals surface area contributed by atoms with Crippen molar-refractivity contribution < 1.29 is 14.4 Å². The number of anilines is 2. The first kappa shape index (κ1) is 14.5. The number of nitrogens with zero attached hydrogens (tertiary/aromatic N) is 1. The fraction of sp³-hybridized carbons (Fsp3) is 0.0667. The lowest BCUT2D eigenvalue weighted by molar-refractivity contribution is -0.114. The number of nitrogen functional groups attached to an aromatic ring is 1. The minimum Gasteiger partial charge on any atom is -0.384 e. The van der Waals surface area contributed by atoms with E-state index in [0.29, 0.717) is 11.4 Å². The van der Waals surface area contributed by atoms with E-state index in [-0.39, 0.29) is 22.9 Å². The van der Waals surface area contributed by atoms with Crippen molar-refractivity contribution in [3.05, 3.63) is 51.8 Å². The second-order valence-corrected chi connectivity index (χ2v) is 5.01. The molecule has 0 spiro atoms. The molecular formula is C15H12N4O4. The summed E-state index contributed by atoms with van der Waals surface area (Å²) in [5.74, 6) is -1.68. The summed E-state index contributed by atoms with van der Waals surface area (Å²) in [5, 5.41) is 4.69. The van der Waals surface area contributed by atoms with Crippen molar-refractivity contribution in [2.75, 3.05) is 11.1 Å². The molecule has 0 saturated heterocycles. The van der Waals surface area contributed by atoms with Gasteiger partial charge in [0.1, 0.15) is 5.82 Å². The average Bonchev–Trinajstić information content (AvgIpc) is 2.73. The minimum absolute atomic E-state index is 0.0282. The number of pyridine rings is 1. The Morgan fingerprint density at radius 1 is 1.17 bits per heavy atom. The number of rotatable bonds is 2. The van der Waals surface area contributed by atoms with E-state index in [9.17, 15) is 19.2 Å². The van der Waals surface area contributed by atoms with Gasteiger partial charge < -0.3 is 11.1 Å². The molecule has 1 aromatic heterocycles. The standard InChI is InChI=1S/C15H12N4O4/c1-7(20)17-8-3-2-4-9(5-8)19-11(21)6-10-12(13(19)16)15(23)18-14(10)22/h2-6H,16H2,1H3,(H,17,20)(H,18,22,23). The Balaban J connectivity index is 2.21. The first-order valence-corrected chi connectivity index (χ1v) is 6.67. The first-order valence-electron chi connectivity index (χ1n) is 6.67. The van der Waals surface area contributed by atoms with Crippen LogP contribution in [0, 0.1) is 0 Å². The Bertz CT molecular complexity index is 930. The molecule has 0 aliphatic carbocycles. The second kappa shape index (κ2) is 5.09. The molecule has 1 aliphatic rings. The molecule has 2 heterocycles. The topological polar surface area (TPSA) is 123 Å². The number of carbonyl (C=O) groups excluding carboxylic acids is 3. The zero-order valence-corrected chi connectivity index (χ0v) is 12.0. The van der Waals surface area contributed by atoms with Gasteiger partial charge in [0, 0.05) is 18.7 Å². The van der Waals surface area contributed by atoms with Gasteiger partial charge in [-0.2, -0.15) is 0 Å². The molecule has 1 aliphatic heterocycles. The van der Waals surface area contributed by atoms with Crippen molar-refractivity contribution in [3.8, 4) is 5.69 Å². The second-order valence-electron chi connectivity index (χ2n) is 5.01. The third-order valence-corrected chi connectivity index (χ3v) is 3.38. The van der Waals surface area contributed by atoms with Crippen LogP contribution in [0.4, 0.5) is 11.5 Å². The molecule has 3 amide bonds. The molecule has 0 unspecified atom stereocenters. The lowest BCUT2D eigenvalue weighted by atomic mass is 10.1. The van der Waals surface area contributed by atoms with Crippen LogP contribution in [0.5, 0.6) is 0 Å². The maximum Gasteiger partial charge on any atom is 0.262 e. The molecule has 3 rings (SSSR count). The molecule has 8 heteroatoms. The Hall–Kier alpha value is -3.42. The Kier molecular flexibility index (Phi) is 3.21. The van der Waals surface area contributed by atoms with E-state index in [2.05, 4.69) is 10.6 Å². The highest BCUT2D eigenvalue weighted by Crippen LogP contribution is 2.23. The van der Waals surface area contributed by atoms with Gasteiger partial charge >= 0.3 is 0 Å². The zero-order valence-electron chi connectivity index (χ0n) is 12.0. The average molecular weight is 312 g/mol. The Labute approximate surface area is 129 Å². The normalized spacial score (nSPS) is 12.7. The van der Waals surface area contributed by atoms with Crippen molar-refractivity contribution >= 4 is 29.2 Å². The predicted octanol–water partition coefficient (Wildman–Crippen LogP) is 0.262. The number of hydrogen-bond donors (Lipinski definition) is 3. The summed E-state index contributed by atoms with van der Waals surface area (Å²) in [4.78, 5) is 46.9. The molecule has 0 saturated carbocycles. The maximum absolute atomic E-state index is 12.3. The van der Waals surface area contributed by atoms with Crippen LogP contribution < -0.4 is 21.9 Å². The molecule has 0 fully saturated rings. The van der Waals surface area contributed by atoms with Gasteiger partial charge in [0.2, 0.25) is 5.91 Å². The van der Waals surface area contributed by atoms with Crippen LogP contribution in [-0.4, -0.2) is 22.3 Å². The quantitative estimate of drug-likeness (QED) is 0.686. The van der Waals surface area contributed by atoms with E-state index in [1.807, 2.05) is 0 Å². The molecule has 8 nitrogen and oxygen atoms in total. The lowest BCUT2D eigenvalue weighted by Gasteiger charge is -2.13. The van der Waals surface area contributed by atoms with Crippen molar-refractivity contribution in [2.45, 2.75) is 6.92 Å². The van der Waals surface area contributed by atoms with E-state index in [1.165, 1.54) is 6.92 Å². The number of aromatic nitrogens is 1. The van der Waals surface area contributed by atoms with Crippen LogP contribution in [0.15, 0.2) is 35.1 Å². The van der Waals surface area contributed by atoms with Crippen LogP contribution in [-0.2, 0) is 4.79 Å². The summed E-state index contributed by atoms with van der Waals surface area (Å²) < 4.78 is 1.11. The monoisotopic (exact) mass is 312 g/mol. The molecule has 0 radical (unpaired) electrons. The summed E-state index contributed by atoms with van der Waals surface area (Å²) in [5.41, 5.74) is 6.16. The summed E-state index contributed by atoms with van der Waals surface area (Å²) in [6.45, 7) is 1.36. The smallest absolute Gasteiger partial charge is 0.262 e. The molecular weight excluding hydrogens is 300 g/mol. The third kappa shape index (κ3) is 2.35. The summed E-state index contributed by atoms with van der Waals surface area (Å²) in [6.07, 6.45) is 0. The maximum atomic E-state index is 12.3. The van der Waals surface area contributed by atoms with Gasteiger partial charge in [-0.15, -0.1) is 0 Å². The van der Waals surface area contributed by atoms with Crippen molar-refractivity contribution in [3.63, 3.8) is 0 Å². The van der Waals surface area contributed by atoms with Crippen molar-refractivity contribution in [1.82, 2.24) is 9.88 Å². The highest BCUT2D eigenvalue weighted by molar-refractivity contribution is 6.23. The SMILES string of the molecule is CC(=O)Nc1cccc(-n2c(N)c3c(cc2=O)C(=O)NC3=O)c1. The van der Waals surface area contributed by atoms with Gasteiger partial charge in [-0.3, -0.25) is 29.1 Å². The number of nitrogens with two attached hydrogens (primary N) is 1. The summed E-state index contributed by atoms with van der Waals surface area (Å²) in [6, 6.07) is 7.49. The van der Waals surface area contributed by atoms with Crippen molar-refractivity contribution in [1.29, 1.82) is 0 Å². The Morgan fingerprint density at radius 2 is 1.91 bits per heavy atom. The number of hydrogen-bond acceptors (Lipinski definition) is 5. The molecule has 0 atom stereocenters. The zero-order chi connectivity index (χ0) is 16.7. The fourth-order valence-corrected chi connectivity index (χ4v) is 2.47. The van der Waals surface area contributed by atoms with E-state index in [0.717, 1.165) is 10.6 Å². The van der Waals surface area contributed by atoms with E-state index in [1.54, 1.807) is 24.3 Å². The molecule has 0 bridgehead atoms. The van der Waals surface area contributed by atoms with Crippen LogP contribution in [0.2, 0.25) is 0 Å². The summed E-state index contributed by atoms with van der Waals surface area (Å²) >= 11 is 0. The number of amides is 3. The highest BCUT2D eigenvalue weighted by Gasteiger charge is 2.31. The van der Waals surface area contributed by atoms with E-state index >= 15 is 0 Å². The van der Waals surface area contributed by atoms with Gasteiger partial charge in [0.15, 0.2) is 0 Å². The lowest BCUT2D eigenvalue weighted by Crippen LogP contribution is -2.24. The van der Waals surface area contributed by atoms with Crippen LogP contribution in [0.1, 0.15) is 27.6 Å². The van der Waals surface area contributed by atoms with Gasteiger partial charge in [-0.1, -0.05) is 6.07 Å². The van der Waals surface area contributed by atoms with Gasteiger partial charge in [-0.05, 0) is 18.2 Å². The Morgan fingerprint density at radius 3 is 2.61 bits per heavy atom. The predicted molar refractivity (Wildman–Crippen MR) is 82.6 cm³/mol. The highest BCUT2D eigenvalue weighted by atomic mass is 16.2. The first-order chi connectivity index (χ1) is 10.9. The van der Waals surface area contributed by atoms with Crippen molar-refractivity contribution in [2.24, 2.45) is 0 Å². The van der Waals surface area contributed by atoms with E-state index < -0.39 is 17.4 Å².